The standard InChI is InChI=1S/C15H16BrN3S/c1-15(2,17)9-10-14(11-6-7-12(16)20-11)18-13-5-3-4-8-19(10)13/h3-8H,9,17H2,1-2H3. The van der Waals surface area contributed by atoms with Gasteiger partial charge in [0.1, 0.15) is 11.3 Å². The van der Waals surface area contributed by atoms with Gasteiger partial charge in [0.2, 0.25) is 0 Å². The van der Waals surface area contributed by atoms with Crippen molar-refractivity contribution in [1.29, 1.82) is 0 Å². The molecule has 0 aliphatic rings. The molecule has 3 aromatic heterocycles. The van der Waals surface area contributed by atoms with Gasteiger partial charge in [-0.1, -0.05) is 6.07 Å². The summed E-state index contributed by atoms with van der Waals surface area (Å²) in [4.78, 5) is 5.94. The summed E-state index contributed by atoms with van der Waals surface area (Å²) in [6, 6.07) is 10.2. The van der Waals surface area contributed by atoms with E-state index in [4.69, 9.17) is 10.7 Å². The molecular formula is C15H16BrN3S. The van der Waals surface area contributed by atoms with Crippen LogP contribution in [0, 0.1) is 0 Å². The SMILES string of the molecule is CC(C)(N)Cc1c(-c2ccc(Br)s2)nc2ccccn12. The number of imidazole rings is 1. The highest BCUT2D eigenvalue weighted by molar-refractivity contribution is 9.11. The molecule has 0 spiro atoms. The highest BCUT2D eigenvalue weighted by atomic mass is 79.9. The number of pyridine rings is 1. The van der Waals surface area contributed by atoms with Gasteiger partial charge in [-0.2, -0.15) is 0 Å². The summed E-state index contributed by atoms with van der Waals surface area (Å²) in [7, 11) is 0. The molecule has 104 valence electrons. The lowest BCUT2D eigenvalue weighted by Gasteiger charge is -2.18. The zero-order valence-corrected chi connectivity index (χ0v) is 13.8. The van der Waals surface area contributed by atoms with E-state index >= 15 is 0 Å². The minimum absolute atomic E-state index is 0.269. The van der Waals surface area contributed by atoms with E-state index in [1.54, 1.807) is 11.3 Å². The Labute approximate surface area is 130 Å². The third-order valence-corrected chi connectivity index (χ3v) is 4.69. The average molecular weight is 350 g/mol. The van der Waals surface area contributed by atoms with Crippen molar-refractivity contribution in [3.8, 4) is 10.6 Å². The van der Waals surface area contributed by atoms with Crippen LogP contribution in [0.5, 0.6) is 0 Å². The smallest absolute Gasteiger partial charge is 0.137 e. The van der Waals surface area contributed by atoms with Gasteiger partial charge in [-0.3, -0.25) is 0 Å². The predicted molar refractivity (Wildman–Crippen MR) is 88.2 cm³/mol. The third kappa shape index (κ3) is 2.66. The lowest BCUT2D eigenvalue weighted by atomic mass is 9.98. The van der Waals surface area contributed by atoms with E-state index in [1.807, 2.05) is 32.0 Å². The molecule has 0 amide bonds. The van der Waals surface area contributed by atoms with Crippen LogP contribution in [0.4, 0.5) is 0 Å². The largest absolute Gasteiger partial charge is 0.325 e. The summed E-state index contributed by atoms with van der Waals surface area (Å²) < 4.78 is 3.25. The maximum Gasteiger partial charge on any atom is 0.137 e. The number of halogens is 1. The first-order valence-corrected chi connectivity index (χ1v) is 8.05. The molecule has 3 rings (SSSR count). The Hall–Kier alpha value is -1.17. The van der Waals surface area contributed by atoms with Crippen molar-refractivity contribution in [2.24, 2.45) is 5.73 Å². The summed E-state index contributed by atoms with van der Waals surface area (Å²) in [5, 5.41) is 0. The fraction of sp³-hybridized carbons (Fsp3) is 0.267. The molecule has 0 fully saturated rings. The van der Waals surface area contributed by atoms with Gasteiger partial charge in [0, 0.05) is 18.2 Å². The van der Waals surface area contributed by atoms with Crippen molar-refractivity contribution < 1.29 is 0 Å². The maximum atomic E-state index is 6.22. The van der Waals surface area contributed by atoms with Crippen LogP contribution >= 0.6 is 27.3 Å². The van der Waals surface area contributed by atoms with Crippen LogP contribution in [0.1, 0.15) is 19.5 Å². The Balaban J connectivity index is 2.22. The van der Waals surface area contributed by atoms with Crippen LogP contribution in [-0.2, 0) is 6.42 Å². The monoisotopic (exact) mass is 349 g/mol. The second-order valence-corrected chi connectivity index (χ2v) is 8.07. The van der Waals surface area contributed by atoms with Gasteiger partial charge in [0.25, 0.3) is 0 Å². The molecule has 3 aromatic rings. The Morgan fingerprint density at radius 3 is 2.75 bits per heavy atom. The normalized spacial score (nSPS) is 12.2. The molecule has 20 heavy (non-hydrogen) atoms. The Morgan fingerprint density at radius 2 is 2.10 bits per heavy atom. The average Bonchev–Trinajstić information content (AvgIpc) is 2.93. The van der Waals surface area contributed by atoms with E-state index in [-0.39, 0.29) is 5.54 Å². The molecule has 3 nitrogen and oxygen atoms in total. The lowest BCUT2D eigenvalue weighted by Crippen LogP contribution is -2.35. The van der Waals surface area contributed by atoms with E-state index in [9.17, 15) is 0 Å². The third-order valence-electron chi connectivity index (χ3n) is 3.06. The van der Waals surface area contributed by atoms with Crippen molar-refractivity contribution in [3.05, 3.63) is 46.0 Å². The van der Waals surface area contributed by atoms with E-state index in [0.717, 1.165) is 21.5 Å². The molecule has 0 unspecified atom stereocenters. The Bertz CT molecular complexity index is 752. The van der Waals surface area contributed by atoms with Crippen LogP contribution in [-0.4, -0.2) is 14.9 Å². The number of nitrogens with zero attached hydrogens (tertiary/aromatic N) is 2. The molecule has 0 saturated carbocycles. The summed E-state index contributed by atoms with van der Waals surface area (Å²) in [6.07, 6.45) is 2.83. The molecule has 0 aliphatic carbocycles. The highest BCUT2D eigenvalue weighted by Crippen LogP contribution is 2.34. The van der Waals surface area contributed by atoms with Gasteiger partial charge in [-0.15, -0.1) is 11.3 Å². The minimum Gasteiger partial charge on any atom is -0.325 e. The van der Waals surface area contributed by atoms with Gasteiger partial charge < -0.3 is 10.1 Å². The zero-order chi connectivity index (χ0) is 14.3. The molecule has 0 aliphatic heterocycles. The van der Waals surface area contributed by atoms with Crippen molar-refractivity contribution >= 4 is 32.9 Å². The number of hydrogen-bond acceptors (Lipinski definition) is 3. The van der Waals surface area contributed by atoms with Gasteiger partial charge in [0.15, 0.2) is 0 Å². The summed E-state index contributed by atoms with van der Waals surface area (Å²) in [5.41, 5.74) is 9.12. The molecule has 0 aromatic carbocycles. The maximum absolute atomic E-state index is 6.22. The lowest BCUT2D eigenvalue weighted by molar-refractivity contribution is 0.509. The van der Waals surface area contributed by atoms with E-state index < -0.39 is 0 Å². The van der Waals surface area contributed by atoms with Gasteiger partial charge in [0.05, 0.1) is 14.4 Å². The quantitative estimate of drug-likeness (QED) is 0.773. The molecule has 0 bridgehead atoms. The van der Waals surface area contributed by atoms with Crippen LogP contribution < -0.4 is 5.73 Å². The molecule has 0 atom stereocenters. The van der Waals surface area contributed by atoms with E-state index in [0.29, 0.717) is 0 Å². The van der Waals surface area contributed by atoms with Gasteiger partial charge >= 0.3 is 0 Å². The fourth-order valence-corrected chi connectivity index (χ4v) is 3.68. The minimum atomic E-state index is -0.269. The number of rotatable bonds is 3. The second-order valence-electron chi connectivity index (χ2n) is 5.61. The molecule has 5 heteroatoms. The fourth-order valence-electron chi connectivity index (χ4n) is 2.29. The number of fused-ring (bicyclic) bond motifs is 1. The van der Waals surface area contributed by atoms with Crippen LogP contribution in [0.2, 0.25) is 0 Å². The predicted octanol–water partition coefficient (Wildman–Crippen LogP) is 4.11. The Kier molecular flexibility index (Phi) is 3.44. The van der Waals surface area contributed by atoms with Crippen LogP contribution in [0.15, 0.2) is 40.3 Å². The van der Waals surface area contributed by atoms with E-state index in [1.165, 1.54) is 10.6 Å². The summed E-state index contributed by atoms with van der Waals surface area (Å²) >= 11 is 5.21. The van der Waals surface area contributed by atoms with Gasteiger partial charge in [-0.05, 0) is 54.0 Å². The highest BCUT2D eigenvalue weighted by Gasteiger charge is 2.21. The number of aromatic nitrogens is 2. The summed E-state index contributed by atoms with van der Waals surface area (Å²) in [5.74, 6) is 0. The van der Waals surface area contributed by atoms with Crippen LogP contribution in [0.3, 0.4) is 0 Å². The number of thiophene rings is 1. The number of nitrogens with two attached hydrogens (primary N) is 1. The molecule has 0 radical (unpaired) electrons. The van der Waals surface area contributed by atoms with Crippen molar-refractivity contribution in [3.63, 3.8) is 0 Å². The molecule has 3 heterocycles. The van der Waals surface area contributed by atoms with Crippen molar-refractivity contribution in [2.45, 2.75) is 25.8 Å². The topological polar surface area (TPSA) is 43.3 Å². The molecular weight excluding hydrogens is 334 g/mol. The first-order chi connectivity index (χ1) is 9.44. The van der Waals surface area contributed by atoms with E-state index in [2.05, 4.69) is 38.7 Å². The first kappa shape index (κ1) is 13.8. The van der Waals surface area contributed by atoms with Crippen molar-refractivity contribution in [2.75, 3.05) is 0 Å². The molecule has 0 saturated heterocycles. The summed E-state index contributed by atoms with van der Waals surface area (Å²) in [6.45, 7) is 4.09. The Morgan fingerprint density at radius 1 is 1.30 bits per heavy atom. The first-order valence-electron chi connectivity index (χ1n) is 6.44. The second kappa shape index (κ2) is 4.98. The van der Waals surface area contributed by atoms with Gasteiger partial charge in [-0.25, -0.2) is 4.98 Å². The number of hydrogen-bond donors (Lipinski definition) is 1. The van der Waals surface area contributed by atoms with Crippen LogP contribution in [0.25, 0.3) is 16.2 Å². The van der Waals surface area contributed by atoms with Crippen molar-refractivity contribution in [1.82, 2.24) is 9.38 Å². The molecule has 2 N–H and O–H groups in total. The zero-order valence-electron chi connectivity index (χ0n) is 11.4.